The van der Waals surface area contributed by atoms with Crippen LogP contribution in [0.15, 0.2) is 41.0 Å². The van der Waals surface area contributed by atoms with Crippen LogP contribution in [0.5, 0.6) is 0 Å². The van der Waals surface area contributed by atoms with Gasteiger partial charge in [-0.05, 0) is 30.9 Å². The number of nitrogens with one attached hydrogen (secondary N) is 1. The van der Waals surface area contributed by atoms with Crippen LogP contribution in [-0.4, -0.2) is 17.4 Å². The highest BCUT2D eigenvalue weighted by atomic mass is 16.3. The Kier molecular flexibility index (Phi) is 4.88. The van der Waals surface area contributed by atoms with Crippen LogP contribution in [-0.2, 0) is 11.2 Å². The molecule has 4 nitrogen and oxygen atoms in total. The highest BCUT2D eigenvalue weighted by Crippen LogP contribution is 2.27. The number of aromatic nitrogens is 1. The van der Waals surface area contributed by atoms with Gasteiger partial charge in [0, 0.05) is 24.9 Å². The summed E-state index contributed by atoms with van der Waals surface area (Å²) in [4.78, 5) is 16.3. The molecule has 0 saturated heterocycles. The quantitative estimate of drug-likeness (QED) is 0.887. The van der Waals surface area contributed by atoms with Gasteiger partial charge in [0.15, 0.2) is 0 Å². The summed E-state index contributed by atoms with van der Waals surface area (Å²) in [5.74, 6) is 1.39. The topological polar surface area (TPSA) is 55.1 Å². The second kappa shape index (κ2) is 7.25. The molecule has 0 atom stereocenters. The first kappa shape index (κ1) is 14.8. The highest BCUT2D eigenvalue weighted by Gasteiger charge is 2.18. The number of nitrogens with zero attached hydrogens (tertiary/aromatic N) is 1. The van der Waals surface area contributed by atoms with E-state index in [-0.39, 0.29) is 5.91 Å². The van der Waals surface area contributed by atoms with Crippen molar-refractivity contribution in [1.82, 2.24) is 10.3 Å². The van der Waals surface area contributed by atoms with Crippen LogP contribution in [0.25, 0.3) is 11.5 Å². The average molecular weight is 298 g/mol. The highest BCUT2D eigenvalue weighted by molar-refractivity contribution is 5.76. The Bertz CT molecular complexity index is 601. The molecule has 1 saturated carbocycles. The Morgan fingerprint density at radius 3 is 2.77 bits per heavy atom. The van der Waals surface area contributed by atoms with Gasteiger partial charge in [-0.3, -0.25) is 4.79 Å². The second-order valence-electron chi connectivity index (χ2n) is 5.96. The van der Waals surface area contributed by atoms with Gasteiger partial charge in [-0.1, -0.05) is 31.0 Å². The third-order valence-electron chi connectivity index (χ3n) is 4.22. The lowest BCUT2D eigenvalue weighted by Crippen LogP contribution is -2.27. The van der Waals surface area contributed by atoms with Crippen molar-refractivity contribution >= 4 is 5.91 Å². The molecular formula is C18H22N2O2. The molecule has 0 spiro atoms. The van der Waals surface area contributed by atoms with Gasteiger partial charge in [-0.2, -0.15) is 0 Å². The molecule has 0 radical (unpaired) electrons. The van der Waals surface area contributed by atoms with Crippen LogP contribution in [0.1, 0.15) is 37.8 Å². The molecule has 1 aromatic heterocycles. The molecule has 3 rings (SSSR count). The van der Waals surface area contributed by atoms with E-state index in [4.69, 9.17) is 4.42 Å². The largest absolute Gasteiger partial charge is 0.444 e. The van der Waals surface area contributed by atoms with Gasteiger partial charge in [-0.15, -0.1) is 0 Å². The summed E-state index contributed by atoms with van der Waals surface area (Å²) in [7, 11) is 0. The van der Waals surface area contributed by atoms with Crippen LogP contribution in [0, 0.1) is 5.92 Å². The maximum absolute atomic E-state index is 11.9. The van der Waals surface area contributed by atoms with Gasteiger partial charge in [0.2, 0.25) is 11.8 Å². The normalized spacial score (nSPS) is 15.1. The Labute approximate surface area is 130 Å². The molecule has 1 fully saturated rings. The van der Waals surface area contributed by atoms with E-state index in [1.807, 2.05) is 30.3 Å². The second-order valence-corrected chi connectivity index (χ2v) is 5.96. The van der Waals surface area contributed by atoms with Crippen molar-refractivity contribution < 1.29 is 9.21 Å². The van der Waals surface area contributed by atoms with Crippen molar-refractivity contribution in [3.8, 4) is 11.5 Å². The van der Waals surface area contributed by atoms with Gasteiger partial charge in [0.05, 0.1) is 5.69 Å². The summed E-state index contributed by atoms with van der Waals surface area (Å²) in [6, 6.07) is 9.83. The molecule has 1 aliphatic carbocycles. The van der Waals surface area contributed by atoms with Crippen molar-refractivity contribution in [3.05, 3.63) is 42.3 Å². The fourth-order valence-corrected chi connectivity index (χ4v) is 3.01. The Morgan fingerprint density at radius 2 is 2.00 bits per heavy atom. The minimum atomic E-state index is 0.165. The monoisotopic (exact) mass is 298 g/mol. The van der Waals surface area contributed by atoms with Crippen molar-refractivity contribution in [2.45, 2.75) is 38.5 Å². The molecule has 22 heavy (non-hydrogen) atoms. The van der Waals surface area contributed by atoms with Gasteiger partial charge in [0.25, 0.3) is 0 Å². The maximum Gasteiger partial charge on any atom is 0.226 e. The molecule has 1 aliphatic rings. The van der Waals surface area contributed by atoms with E-state index in [9.17, 15) is 4.79 Å². The van der Waals surface area contributed by atoms with Crippen LogP contribution in [0.3, 0.4) is 0 Å². The van der Waals surface area contributed by atoms with Crippen molar-refractivity contribution in [2.75, 3.05) is 6.54 Å². The van der Waals surface area contributed by atoms with Crippen LogP contribution >= 0.6 is 0 Å². The Balaban J connectivity index is 1.44. The van der Waals surface area contributed by atoms with Crippen molar-refractivity contribution in [2.24, 2.45) is 5.92 Å². The van der Waals surface area contributed by atoms with E-state index in [2.05, 4.69) is 10.3 Å². The van der Waals surface area contributed by atoms with Crippen LogP contribution in [0.4, 0.5) is 0 Å². The summed E-state index contributed by atoms with van der Waals surface area (Å²) in [5.41, 5.74) is 1.85. The standard InChI is InChI=1S/C18H22N2O2/c21-17(12-14-6-4-5-7-14)19-11-10-16-13-22-18(20-16)15-8-2-1-3-9-15/h1-3,8-9,13-14H,4-7,10-12H2,(H,19,21). The molecule has 2 aromatic rings. The number of amides is 1. The van der Waals surface area contributed by atoms with Gasteiger partial charge in [-0.25, -0.2) is 4.98 Å². The van der Waals surface area contributed by atoms with E-state index < -0.39 is 0 Å². The van der Waals surface area contributed by atoms with Crippen molar-refractivity contribution in [3.63, 3.8) is 0 Å². The Hall–Kier alpha value is -2.10. The Morgan fingerprint density at radius 1 is 1.23 bits per heavy atom. The number of hydrogen-bond donors (Lipinski definition) is 1. The van der Waals surface area contributed by atoms with Gasteiger partial charge < -0.3 is 9.73 Å². The number of rotatable bonds is 6. The first-order valence-corrected chi connectivity index (χ1v) is 8.08. The SMILES string of the molecule is O=C(CC1CCCC1)NCCc1coc(-c2ccccc2)n1. The summed E-state index contributed by atoms with van der Waals surface area (Å²) >= 11 is 0. The zero-order valence-corrected chi connectivity index (χ0v) is 12.8. The van der Waals surface area contributed by atoms with E-state index in [0.717, 1.165) is 11.3 Å². The lowest BCUT2D eigenvalue weighted by Gasteiger charge is -2.08. The van der Waals surface area contributed by atoms with E-state index >= 15 is 0 Å². The smallest absolute Gasteiger partial charge is 0.226 e. The summed E-state index contributed by atoms with van der Waals surface area (Å²) < 4.78 is 5.49. The molecule has 4 heteroatoms. The zero-order chi connectivity index (χ0) is 15.2. The number of oxazole rings is 1. The van der Waals surface area contributed by atoms with Gasteiger partial charge >= 0.3 is 0 Å². The molecule has 1 aromatic carbocycles. The predicted molar refractivity (Wildman–Crippen MR) is 85.2 cm³/mol. The van der Waals surface area contributed by atoms with Crippen molar-refractivity contribution in [1.29, 1.82) is 0 Å². The van der Waals surface area contributed by atoms with Crippen LogP contribution < -0.4 is 5.32 Å². The summed E-state index contributed by atoms with van der Waals surface area (Å²) in [6.45, 7) is 0.617. The predicted octanol–water partition coefficient (Wildman–Crippen LogP) is 3.58. The molecule has 0 bridgehead atoms. The first-order valence-electron chi connectivity index (χ1n) is 8.08. The maximum atomic E-state index is 11.9. The number of carbonyl (C=O) groups is 1. The zero-order valence-electron chi connectivity index (χ0n) is 12.8. The van der Waals surface area contributed by atoms with Crippen LogP contribution in [0.2, 0.25) is 0 Å². The third kappa shape index (κ3) is 3.97. The minimum absolute atomic E-state index is 0.165. The molecule has 1 heterocycles. The molecule has 1 amide bonds. The lowest BCUT2D eigenvalue weighted by molar-refractivity contribution is -0.121. The third-order valence-corrected chi connectivity index (χ3v) is 4.22. The number of hydrogen-bond acceptors (Lipinski definition) is 3. The average Bonchev–Trinajstić information content (AvgIpc) is 3.20. The molecule has 0 aliphatic heterocycles. The van der Waals surface area contributed by atoms with Gasteiger partial charge in [0.1, 0.15) is 6.26 Å². The molecule has 0 unspecified atom stereocenters. The first-order chi connectivity index (χ1) is 10.8. The number of carbonyl (C=O) groups excluding carboxylic acids is 1. The fraction of sp³-hybridized carbons (Fsp3) is 0.444. The fourth-order valence-electron chi connectivity index (χ4n) is 3.01. The minimum Gasteiger partial charge on any atom is -0.444 e. The van der Waals surface area contributed by atoms with E-state index in [0.29, 0.717) is 31.2 Å². The molecular weight excluding hydrogens is 276 g/mol. The summed E-state index contributed by atoms with van der Waals surface area (Å²) in [5, 5.41) is 2.99. The van der Waals surface area contributed by atoms with E-state index in [1.165, 1.54) is 25.7 Å². The molecule has 116 valence electrons. The summed E-state index contributed by atoms with van der Waals surface area (Å²) in [6.07, 6.45) is 8.01. The van der Waals surface area contributed by atoms with E-state index in [1.54, 1.807) is 6.26 Å². The molecule has 1 N–H and O–H groups in total. The lowest BCUT2D eigenvalue weighted by atomic mass is 10.0. The number of benzene rings is 1.